The second kappa shape index (κ2) is 4.63. The lowest BCUT2D eigenvalue weighted by Gasteiger charge is -2.52. The van der Waals surface area contributed by atoms with Gasteiger partial charge in [0.05, 0.1) is 0 Å². The monoisotopic (exact) mass is 198 g/mol. The molecule has 0 radical (unpaired) electrons. The molecule has 0 bridgehead atoms. The quantitative estimate of drug-likeness (QED) is 0.754. The fourth-order valence-electron chi connectivity index (χ4n) is 3.14. The van der Waals surface area contributed by atoms with E-state index in [9.17, 15) is 0 Å². The Labute approximate surface area is 88.8 Å². The molecular weight excluding hydrogens is 172 g/mol. The second-order valence-corrected chi connectivity index (χ2v) is 4.85. The number of rotatable bonds is 3. The fourth-order valence-corrected chi connectivity index (χ4v) is 3.14. The molecule has 1 atom stereocenters. The van der Waals surface area contributed by atoms with Crippen LogP contribution >= 0.6 is 0 Å². The maximum absolute atomic E-state index is 6.32. The summed E-state index contributed by atoms with van der Waals surface area (Å²) >= 11 is 0. The molecule has 1 rings (SSSR count). The molecule has 2 nitrogen and oxygen atoms in total. The Bertz CT molecular complexity index is 173. The Kier molecular flexibility index (Phi) is 3.96. The van der Waals surface area contributed by atoms with Crippen molar-refractivity contribution in [1.82, 2.24) is 4.90 Å². The van der Waals surface area contributed by atoms with Gasteiger partial charge in [0.2, 0.25) is 0 Å². The highest BCUT2D eigenvalue weighted by atomic mass is 15.2. The van der Waals surface area contributed by atoms with Crippen molar-refractivity contribution in [3.63, 3.8) is 0 Å². The summed E-state index contributed by atoms with van der Waals surface area (Å²) < 4.78 is 0. The van der Waals surface area contributed by atoms with Gasteiger partial charge in [0, 0.05) is 17.6 Å². The van der Waals surface area contributed by atoms with Gasteiger partial charge in [0.1, 0.15) is 0 Å². The average molecular weight is 198 g/mol. The third-order valence-electron chi connectivity index (χ3n) is 4.02. The van der Waals surface area contributed by atoms with E-state index in [1.54, 1.807) is 0 Å². The molecule has 2 N–H and O–H groups in total. The zero-order valence-electron chi connectivity index (χ0n) is 10.2. The van der Waals surface area contributed by atoms with E-state index < -0.39 is 0 Å². The molecular formula is C12H26N2. The van der Waals surface area contributed by atoms with Crippen LogP contribution in [0.15, 0.2) is 0 Å². The van der Waals surface area contributed by atoms with Crippen LogP contribution in [-0.4, -0.2) is 29.1 Å². The molecule has 0 aliphatic carbocycles. The number of piperidine rings is 1. The molecule has 0 aromatic heterocycles. The first-order valence-corrected chi connectivity index (χ1v) is 6.10. The molecule has 1 fully saturated rings. The molecule has 0 amide bonds. The Balaban J connectivity index is 2.89. The van der Waals surface area contributed by atoms with E-state index in [4.69, 9.17) is 5.73 Å². The second-order valence-electron chi connectivity index (χ2n) is 4.85. The van der Waals surface area contributed by atoms with Crippen LogP contribution in [-0.2, 0) is 0 Å². The van der Waals surface area contributed by atoms with Gasteiger partial charge in [-0.1, -0.05) is 13.8 Å². The van der Waals surface area contributed by atoms with Crippen molar-refractivity contribution < 1.29 is 0 Å². The van der Waals surface area contributed by atoms with Crippen LogP contribution in [0, 0.1) is 0 Å². The van der Waals surface area contributed by atoms with Crippen LogP contribution in [0.25, 0.3) is 0 Å². The largest absolute Gasteiger partial charge is 0.326 e. The van der Waals surface area contributed by atoms with Crippen molar-refractivity contribution >= 4 is 0 Å². The topological polar surface area (TPSA) is 29.3 Å². The summed E-state index contributed by atoms with van der Waals surface area (Å²) in [6.45, 7) is 10.4. The van der Waals surface area contributed by atoms with E-state index in [1.807, 2.05) is 0 Å². The normalized spacial score (nSPS) is 28.3. The maximum atomic E-state index is 6.32. The zero-order chi connectivity index (χ0) is 10.8. The summed E-state index contributed by atoms with van der Waals surface area (Å²) in [5.74, 6) is 0. The lowest BCUT2D eigenvalue weighted by molar-refractivity contribution is -0.00356. The average Bonchev–Trinajstić information content (AvgIpc) is 2.17. The minimum absolute atomic E-state index is 0.270. The number of nitrogens with two attached hydrogens (primary N) is 1. The van der Waals surface area contributed by atoms with Gasteiger partial charge < -0.3 is 5.73 Å². The fraction of sp³-hybridized carbons (Fsp3) is 1.00. The first kappa shape index (κ1) is 12.0. The standard InChI is InChI=1S/C12H26N2/c1-5-12(6-2)11(13)8-7-9-14(12)10(3)4/h10-11H,5-9,13H2,1-4H3. The smallest absolute Gasteiger partial charge is 0.0357 e. The van der Waals surface area contributed by atoms with Crippen molar-refractivity contribution in [2.75, 3.05) is 6.54 Å². The van der Waals surface area contributed by atoms with Crippen LogP contribution in [0.1, 0.15) is 53.4 Å². The molecule has 0 spiro atoms. The Morgan fingerprint density at radius 2 is 1.93 bits per heavy atom. The zero-order valence-corrected chi connectivity index (χ0v) is 10.2. The third-order valence-corrected chi connectivity index (χ3v) is 4.02. The Hall–Kier alpha value is -0.0800. The Morgan fingerprint density at radius 3 is 2.29 bits per heavy atom. The lowest BCUT2D eigenvalue weighted by atomic mass is 9.77. The van der Waals surface area contributed by atoms with Crippen molar-refractivity contribution in [1.29, 1.82) is 0 Å². The predicted octanol–water partition coefficient (Wildman–Crippen LogP) is 2.38. The van der Waals surface area contributed by atoms with Crippen LogP contribution in [0.5, 0.6) is 0 Å². The SMILES string of the molecule is CCC1(CC)C(N)CCCN1C(C)C. The number of likely N-dealkylation sites (tertiary alicyclic amines) is 1. The molecule has 0 saturated carbocycles. The molecule has 1 saturated heterocycles. The molecule has 1 heterocycles. The highest BCUT2D eigenvalue weighted by Gasteiger charge is 2.42. The van der Waals surface area contributed by atoms with Crippen LogP contribution in [0.2, 0.25) is 0 Å². The highest BCUT2D eigenvalue weighted by Crippen LogP contribution is 2.34. The first-order chi connectivity index (χ1) is 6.58. The summed E-state index contributed by atoms with van der Waals surface area (Å²) in [5, 5.41) is 0. The maximum Gasteiger partial charge on any atom is 0.0357 e. The van der Waals surface area contributed by atoms with Gasteiger partial charge >= 0.3 is 0 Å². The number of hydrogen-bond donors (Lipinski definition) is 1. The first-order valence-electron chi connectivity index (χ1n) is 6.10. The van der Waals surface area contributed by atoms with Crippen LogP contribution < -0.4 is 5.73 Å². The van der Waals surface area contributed by atoms with Crippen molar-refractivity contribution in [3.05, 3.63) is 0 Å². The molecule has 0 aromatic carbocycles. The van der Waals surface area contributed by atoms with E-state index in [2.05, 4.69) is 32.6 Å². The minimum atomic E-state index is 0.270. The van der Waals surface area contributed by atoms with Gasteiger partial charge in [0.25, 0.3) is 0 Å². The van der Waals surface area contributed by atoms with Gasteiger partial charge in [-0.2, -0.15) is 0 Å². The highest BCUT2D eigenvalue weighted by molar-refractivity contribution is 5.01. The van der Waals surface area contributed by atoms with E-state index >= 15 is 0 Å². The number of nitrogens with zero attached hydrogens (tertiary/aromatic N) is 1. The predicted molar refractivity (Wildman–Crippen MR) is 62.4 cm³/mol. The Morgan fingerprint density at radius 1 is 1.36 bits per heavy atom. The summed E-state index contributed by atoms with van der Waals surface area (Å²) in [5.41, 5.74) is 6.59. The summed E-state index contributed by atoms with van der Waals surface area (Å²) in [4.78, 5) is 2.63. The minimum Gasteiger partial charge on any atom is -0.326 e. The molecule has 2 heteroatoms. The van der Waals surface area contributed by atoms with Gasteiger partial charge in [-0.3, -0.25) is 4.90 Å². The molecule has 1 unspecified atom stereocenters. The van der Waals surface area contributed by atoms with E-state index in [0.29, 0.717) is 12.1 Å². The van der Waals surface area contributed by atoms with Crippen LogP contribution in [0.4, 0.5) is 0 Å². The van der Waals surface area contributed by atoms with Gasteiger partial charge in [-0.25, -0.2) is 0 Å². The molecule has 0 aromatic rings. The van der Waals surface area contributed by atoms with Gasteiger partial charge in [0.15, 0.2) is 0 Å². The van der Waals surface area contributed by atoms with Crippen LogP contribution in [0.3, 0.4) is 0 Å². The number of hydrogen-bond acceptors (Lipinski definition) is 2. The lowest BCUT2D eigenvalue weighted by Crippen LogP contribution is -2.64. The van der Waals surface area contributed by atoms with E-state index in [1.165, 1.54) is 32.2 Å². The van der Waals surface area contributed by atoms with Gasteiger partial charge in [-0.05, 0) is 46.1 Å². The van der Waals surface area contributed by atoms with E-state index in [0.717, 1.165) is 0 Å². The van der Waals surface area contributed by atoms with Gasteiger partial charge in [-0.15, -0.1) is 0 Å². The van der Waals surface area contributed by atoms with Crippen molar-refractivity contribution in [2.24, 2.45) is 5.73 Å². The summed E-state index contributed by atoms with van der Waals surface area (Å²) in [6.07, 6.45) is 4.83. The third kappa shape index (κ3) is 1.82. The molecule has 1 aliphatic rings. The molecule has 1 aliphatic heterocycles. The molecule has 14 heavy (non-hydrogen) atoms. The summed E-state index contributed by atoms with van der Waals surface area (Å²) in [6, 6.07) is 0.995. The molecule has 84 valence electrons. The van der Waals surface area contributed by atoms with Crippen molar-refractivity contribution in [3.8, 4) is 0 Å². The van der Waals surface area contributed by atoms with E-state index in [-0.39, 0.29) is 5.54 Å². The summed E-state index contributed by atoms with van der Waals surface area (Å²) in [7, 11) is 0. The van der Waals surface area contributed by atoms with Crippen molar-refractivity contribution in [2.45, 2.75) is 71.0 Å².